The third-order valence-corrected chi connectivity index (χ3v) is 3.29. The topological polar surface area (TPSA) is 92.5 Å². The molecule has 0 aliphatic rings. The molecule has 0 unspecified atom stereocenters. The number of benzene rings is 1. The molecule has 0 radical (unpaired) electrons. The van der Waals surface area contributed by atoms with Crippen LogP contribution in [-0.4, -0.2) is 44.0 Å². The largest absolute Gasteiger partial charge is 0.480 e. The zero-order valence-electron chi connectivity index (χ0n) is 12.4. The zero-order valence-corrected chi connectivity index (χ0v) is 12.4. The van der Waals surface area contributed by atoms with Gasteiger partial charge < -0.3 is 10.0 Å². The normalized spacial score (nSPS) is 10.9. The first-order valence-electron chi connectivity index (χ1n) is 6.85. The molecule has 116 valence electrons. The van der Waals surface area contributed by atoms with Gasteiger partial charge in [0, 0.05) is 6.04 Å². The third-order valence-electron chi connectivity index (χ3n) is 3.29. The molecule has 0 saturated carbocycles. The lowest BCUT2D eigenvalue weighted by molar-refractivity contribution is -0.146. The maximum Gasteiger partial charge on any atom is 0.323 e. The SMILES string of the molecule is CC(C)N(CC(=O)O)C(=O)Cn1cnc2ccccc2c1=O. The molecule has 0 aliphatic heterocycles. The average molecular weight is 303 g/mol. The standard InChI is InChI=1S/C15H17N3O4/c1-10(2)18(8-14(20)21)13(19)7-17-9-16-12-6-4-3-5-11(12)15(17)22/h3-6,9-10H,7-8H2,1-2H3,(H,20,21). The van der Waals surface area contributed by atoms with Crippen LogP contribution in [0, 0.1) is 0 Å². The number of para-hydroxylation sites is 1. The van der Waals surface area contributed by atoms with E-state index in [-0.39, 0.29) is 18.1 Å². The molecule has 1 aromatic heterocycles. The van der Waals surface area contributed by atoms with Crippen LogP contribution in [0.5, 0.6) is 0 Å². The van der Waals surface area contributed by atoms with Crippen LogP contribution in [-0.2, 0) is 16.1 Å². The van der Waals surface area contributed by atoms with Crippen molar-refractivity contribution in [1.82, 2.24) is 14.5 Å². The number of hydrogen-bond acceptors (Lipinski definition) is 4. The molecule has 0 fully saturated rings. The highest BCUT2D eigenvalue weighted by molar-refractivity contribution is 5.82. The number of nitrogens with zero attached hydrogens (tertiary/aromatic N) is 3. The van der Waals surface area contributed by atoms with Crippen LogP contribution < -0.4 is 5.56 Å². The summed E-state index contributed by atoms with van der Waals surface area (Å²) in [5.74, 6) is -1.53. The number of carbonyl (C=O) groups is 2. The quantitative estimate of drug-likeness (QED) is 0.878. The van der Waals surface area contributed by atoms with Gasteiger partial charge in [0.25, 0.3) is 5.56 Å². The predicted molar refractivity (Wildman–Crippen MR) is 80.5 cm³/mol. The summed E-state index contributed by atoms with van der Waals surface area (Å²) in [6, 6.07) is 6.59. The fourth-order valence-electron chi connectivity index (χ4n) is 2.16. The van der Waals surface area contributed by atoms with Gasteiger partial charge in [-0.2, -0.15) is 0 Å². The van der Waals surface area contributed by atoms with Crippen molar-refractivity contribution in [2.75, 3.05) is 6.54 Å². The molecular formula is C15H17N3O4. The molecule has 2 aromatic rings. The highest BCUT2D eigenvalue weighted by Crippen LogP contribution is 2.05. The highest BCUT2D eigenvalue weighted by Gasteiger charge is 2.20. The molecule has 0 spiro atoms. The maximum absolute atomic E-state index is 12.3. The maximum atomic E-state index is 12.3. The summed E-state index contributed by atoms with van der Waals surface area (Å²) in [4.78, 5) is 40.8. The minimum absolute atomic E-state index is 0.234. The zero-order chi connectivity index (χ0) is 16.3. The number of carbonyl (C=O) groups excluding carboxylic acids is 1. The molecule has 7 nitrogen and oxygen atoms in total. The molecule has 7 heteroatoms. The third kappa shape index (κ3) is 3.30. The van der Waals surface area contributed by atoms with Gasteiger partial charge in [-0.25, -0.2) is 4.98 Å². The Morgan fingerprint density at radius 1 is 1.32 bits per heavy atom. The summed E-state index contributed by atoms with van der Waals surface area (Å²) in [6.07, 6.45) is 1.31. The van der Waals surface area contributed by atoms with E-state index in [4.69, 9.17) is 5.11 Å². The van der Waals surface area contributed by atoms with E-state index in [0.29, 0.717) is 10.9 Å². The summed E-state index contributed by atoms with van der Waals surface area (Å²) in [7, 11) is 0. The molecule has 1 aromatic carbocycles. The van der Waals surface area contributed by atoms with Crippen molar-refractivity contribution in [2.45, 2.75) is 26.4 Å². The highest BCUT2D eigenvalue weighted by atomic mass is 16.4. The van der Waals surface area contributed by atoms with E-state index in [2.05, 4.69) is 4.98 Å². The Balaban J connectivity index is 2.29. The first-order valence-corrected chi connectivity index (χ1v) is 6.85. The van der Waals surface area contributed by atoms with E-state index < -0.39 is 18.4 Å². The van der Waals surface area contributed by atoms with Gasteiger partial charge in [0.05, 0.1) is 17.2 Å². The van der Waals surface area contributed by atoms with Gasteiger partial charge >= 0.3 is 5.97 Å². The Morgan fingerprint density at radius 2 is 2.00 bits per heavy atom. The van der Waals surface area contributed by atoms with Gasteiger partial charge in [0.15, 0.2) is 0 Å². The smallest absolute Gasteiger partial charge is 0.323 e. The van der Waals surface area contributed by atoms with E-state index in [9.17, 15) is 14.4 Å². The lowest BCUT2D eigenvalue weighted by Crippen LogP contribution is -2.43. The van der Waals surface area contributed by atoms with Crippen LogP contribution in [0.2, 0.25) is 0 Å². The fourth-order valence-corrected chi connectivity index (χ4v) is 2.16. The van der Waals surface area contributed by atoms with E-state index in [1.165, 1.54) is 15.8 Å². The number of aliphatic carboxylic acids is 1. The minimum atomic E-state index is -1.09. The van der Waals surface area contributed by atoms with Crippen molar-refractivity contribution in [3.05, 3.63) is 40.9 Å². The molecule has 0 bridgehead atoms. The number of rotatable bonds is 5. The molecular weight excluding hydrogens is 286 g/mol. The van der Waals surface area contributed by atoms with Gasteiger partial charge in [-0.15, -0.1) is 0 Å². The first kappa shape index (κ1) is 15.7. The number of fused-ring (bicyclic) bond motifs is 1. The number of hydrogen-bond donors (Lipinski definition) is 1. The Bertz CT molecular complexity index is 767. The Morgan fingerprint density at radius 3 is 2.64 bits per heavy atom. The molecule has 2 rings (SSSR count). The van der Waals surface area contributed by atoms with Crippen LogP contribution in [0.1, 0.15) is 13.8 Å². The molecule has 1 heterocycles. The minimum Gasteiger partial charge on any atom is -0.480 e. The lowest BCUT2D eigenvalue weighted by Gasteiger charge is -2.25. The van der Waals surface area contributed by atoms with Crippen molar-refractivity contribution < 1.29 is 14.7 Å². The molecule has 0 atom stereocenters. The Kier molecular flexibility index (Phi) is 4.55. The van der Waals surface area contributed by atoms with Crippen molar-refractivity contribution in [3.63, 3.8) is 0 Å². The van der Waals surface area contributed by atoms with E-state index in [0.717, 1.165) is 0 Å². The van der Waals surface area contributed by atoms with E-state index in [1.54, 1.807) is 38.1 Å². The number of aromatic nitrogens is 2. The average Bonchev–Trinajstić information content (AvgIpc) is 2.47. The molecule has 0 saturated heterocycles. The molecule has 1 N–H and O–H groups in total. The lowest BCUT2D eigenvalue weighted by atomic mass is 10.2. The van der Waals surface area contributed by atoms with Crippen LogP contribution in [0.15, 0.2) is 35.4 Å². The Labute approximate surface area is 126 Å². The van der Waals surface area contributed by atoms with Gasteiger partial charge in [-0.05, 0) is 26.0 Å². The molecule has 22 heavy (non-hydrogen) atoms. The number of carboxylic acid groups (broad SMARTS) is 1. The van der Waals surface area contributed by atoms with Gasteiger partial charge in [0.2, 0.25) is 5.91 Å². The number of carboxylic acids is 1. The van der Waals surface area contributed by atoms with Crippen LogP contribution in [0.25, 0.3) is 10.9 Å². The Hall–Kier alpha value is -2.70. The summed E-state index contributed by atoms with van der Waals surface area (Å²) < 4.78 is 1.20. The second-order valence-electron chi connectivity index (χ2n) is 5.20. The second-order valence-corrected chi connectivity index (χ2v) is 5.20. The van der Waals surface area contributed by atoms with Gasteiger partial charge in [-0.1, -0.05) is 12.1 Å². The summed E-state index contributed by atoms with van der Waals surface area (Å²) in [5, 5.41) is 9.29. The fraction of sp³-hybridized carbons (Fsp3) is 0.333. The second kappa shape index (κ2) is 6.38. The van der Waals surface area contributed by atoms with E-state index in [1.807, 2.05) is 0 Å². The predicted octanol–water partition coefficient (Wildman–Crippen LogP) is 0.718. The molecule has 1 amide bonds. The summed E-state index contributed by atoms with van der Waals surface area (Å²) in [6.45, 7) is 2.82. The van der Waals surface area contributed by atoms with Crippen molar-refractivity contribution in [3.8, 4) is 0 Å². The van der Waals surface area contributed by atoms with Crippen LogP contribution >= 0.6 is 0 Å². The van der Waals surface area contributed by atoms with E-state index >= 15 is 0 Å². The van der Waals surface area contributed by atoms with Crippen molar-refractivity contribution in [2.24, 2.45) is 0 Å². The van der Waals surface area contributed by atoms with Crippen molar-refractivity contribution in [1.29, 1.82) is 0 Å². The van der Waals surface area contributed by atoms with Crippen LogP contribution in [0.3, 0.4) is 0 Å². The summed E-state index contributed by atoms with van der Waals surface area (Å²) >= 11 is 0. The summed E-state index contributed by atoms with van der Waals surface area (Å²) in [5.41, 5.74) is 0.237. The van der Waals surface area contributed by atoms with Crippen LogP contribution in [0.4, 0.5) is 0 Å². The number of amides is 1. The van der Waals surface area contributed by atoms with Gasteiger partial charge in [0.1, 0.15) is 13.1 Å². The first-order chi connectivity index (χ1) is 10.4. The monoisotopic (exact) mass is 303 g/mol. The molecule has 0 aliphatic carbocycles. The van der Waals surface area contributed by atoms with Gasteiger partial charge in [-0.3, -0.25) is 19.0 Å². The van der Waals surface area contributed by atoms with Crippen molar-refractivity contribution >= 4 is 22.8 Å².